The first-order chi connectivity index (χ1) is 9.17. The summed E-state index contributed by atoms with van der Waals surface area (Å²) in [6.45, 7) is 2.17. The number of aryl methyl sites for hydroxylation is 1. The van der Waals surface area contributed by atoms with Crippen molar-refractivity contribution in [1.82, 2.24) is 8.96 Å². The average Bonchev–Trinajstić information content (AvgIpc) is 2.76. The van der Waals surface area contributed by atoms with E-state index in [4.69, 9.17) is 10.2 Å². The molecule has 0 radical (unpaired) electrons. The third-order valence-electron chi connectivity index (χ3n) is 2.76. The van der Waals surface area contributed by atoms with Crippen molar-refractivity contribution in [2.45, 2.75) is 19.8 Å². The normalized spacial score (nSPS) is 11.1. The van der Waals surface area contributed by atoms with Crippen LogP contribution in [0.4, 0.5) is 0 Å². The number of hydrogen-bond acceptors (Lipinski definition) is 4. The second kappa shape index (κ2) is 6.08. The minimum atomic E-state index is -0.937. The van der Waals surface area contributed by atoms with Gasteiger partial charge in [-0.15, -0.1) is 0 Å². The van der Waals surface area contributed by atoms with Gasteiger partial charge in [0, 0.05) is 18.8 Å². The molecule has 0 bridgehead atoms. The van der Waals surface area contributed by atoms with Crippen LogP contribution in [0.5, 0.6) is 0 Å². The monoisotopic (exact) mass is 280 g/mol. The Labute approximate surface area is 115 Å². The van der Waals surface area contributed by atoms with Gasteiger partial charge in [-0.1, -0.05) is 6.92 Å². The van der Waals surface area contributed by atoms with Crippen LogP contribution in [0, 0.1) is 0 Å². The maximum atomic E-state index is 11.0. The largest absolute Gasteiger partial charge is 0.478 e. The molecular formula is C13H16N2O3S. The molecule has 0 amide bonds. The van der Waals surface area contributed by atoms with Gasteiger partial charge < -0.3 is 10.2 Å². The van der Waals surface area contributed by atoms with Crippen molar-refractivity contribution in [3.63, 3.8) is 0 Å². The lowest BCUT2D eigenvalue weighted by Gasteiger charge is -2.06. The average molecular weight is 280 g/mol. The second-order valence-electron chi connectivity index (χ2n) is 4.09. The van der Waals surface area contributed by atoms with Crippen molar-refractivity contribution in [1.29, 1.82) is 0 Å². The molecule has 0 atom stereocenters. The van der Waals surface area contributed by atoms with Gasteiger partial charge in [-0.25, -0.2) is 9.78 Å². The highest BCUT2D eigenvalue weighted by Crippen LogP contribution is 2.24. The number of hydrogen-bond donors (Lipinski definition) is 2. The first kappa shape index (κ1) is 13.9. The van der Waals surface area contributed by atoms with Crippen LogP contribution < -0.4 is 0 Å². The summed E-state index contributed by atoms with van der Waals surface area (Å²) in [4.78, 5) is 15.5. The molecule has 0 unspecified atom stereocenters. The summed E-state index contributed by atoms with van der Waals surface area (Å²) in [5.41, 5.74) is 1.89. The van der Waals surface area contributed by atoms with Crippen LogP contribution in [-0.2, 0) is 6.42 Å². The number of carbonyl (C=O) groups is 1. The van der Waals surface area contributed by atoms with E-state index in [-0.39, 0.29) is 12.2 Å². The molecule has 0 saturated carbocycles. The molecule has 0 saturated heterocycles. The van der Waals surface area contributed by atoms with Gasteiger partial charge in [0.2, 0.25) is 0 Å². The number of aliphatic hydroxyl groups is 1. The standard InChI is InChI=1S/C13H16N2O3S/c1-2-12-14-10-5-4-9(13(17)18)8-11(10)15(12)19-7-3-6-16/h4-5,8,16H,2-3,6-7H2,1H3,(H,17,18). The zero-order valence-electron chi connectivity index (χ0n) is 10.7. The summed E-state index contributed by atoms with van der Waals surface area (Å²) in [7, 11) is 0. The molecule has 2 rings (SSSR count). The quantitative estimate of drug-likeness (QED) is 0.793. The van der Waals surface area contributed by atoms with Gasteiger partial charge in [0.15, 0.2) is 0 Å². The van der Waals surface area contributed by atoms with Crippen LogP contribution >= 0.6 is 11.9 Å². The lowest BCUT2D eigenvalue weighted by molar-refractivity contribution is 0.0697. The molecule has 0 aliphatic rings. The first-order valence-electron chi connectivity index (χ1n) is 6.16. The lowest BCUT2D eigenvalue weighted by atomic mass is 10.2. The summed E-state index contributed by atoms with van der Waals surface area (Å²) in [6.07, 6.45) is 1.48. The van der Waals surface area contributed by atoms with Crippen molar-refractivity contribution < 1.29 is 15.0 Å². The number of rotatable bonds is 6. The minimum Gasteiger partial charge on any atom is -0.478 e. The third-order valence-corrected chi connectivity index (χ3v) is 3.90. The van der Waals surface area contributed by atoms with E-state index >= 15 is 0 Å². The minimum absolute atomic E-state index is 0.154. The highest BCUT2D eigenvalue weighted by molar-refractivity contribution is 7.98. The molecule has 1 aromatic carbocycles. The zero-order chi connectivity index (χ0) is 13.8. The Balaban J connectivity index is 2.44. The van der Waals surface area contributed by atoms with Gasteiger partial charge in [0.05, 0.1) is 16.6 Å². The molecule has 0 fully saturated rings. The maximum Gasteiger partial charge on any atom is 0.335 e. The Morgan fingerprint density at radius 1 is 1.47 bits per heavy atom. The van der Waals surface area contributed by atoms with E-state index in [9.17, 15) is 4.79 Å². The molecule has 6 heteroatoms. The molecular weight excluding hydrogens is 264 g/mol. The van der Waals surface area contributed by atoms with Gasteiger partial charge in [-0.3, -0.25) is 3.97 Å². The molecule has 5 nitrogen and oxygen atoms in total. The number of carboxylic acids is 1. The Morgan fingerprint density at radius 2 is 2.26 bits per heavy atom. The topological polar surface area (TPSA) is 75.3 Å². The Kier molecular flexibility index (Phi) is 4.44. The van der Waals surface area contributed by atoms with Crippen LogP contribution in [0.1, 0.15) is 29.5 Å². The fourth-order valence-corrected chi connectivity index (χ4v) is 2.87. The number of aromatic nitrogens is 2. The van der Waals surface area contributed by atoms with Gasteiger partial charge in [-0.2, -0.15) is 0 Å². The summed E-state index contributed by atoms with van der Waals surface area (Å²) in [5, 5.41) is 17.9. The number of carboxylic acid groups (broad SMARTS) is 1. The van der Waals surface area contributed by atoms with Crippen molar-refractivity contribution in [2.24, 2.45) is 0 Å². The van der Waals surface area contributed by atoms with E-state index in [1.807, 2.05) is 10.9 Å². The van der Waals surface area contributed by atoms with Crippen LogP contribution in [-0.4, -0.2) is 37.5 Å². The van der Waals surface area contributed by atoms with E-state index in [0.717, 1.165) is 29.0 Å². The van der Waals surface area contributed by atoms with Gasteiger partial charge >= 0.3 is 5.97 Å². The van der Waals surface area contributed by atoms with Crippen molar-refractivity contribution >= 4 is 29.0 Å². The highest BCUT2D eigenvalue weighted by atomic mass is 32.2. The zero-order valence-corrected chi connectivity index (χ0v) is 11.5. The molecule has 0 aliphatic heterocycles. The number of aromatic carboxylic acids is 1. The molecule has 19 heavy (non-hydrogen) atoms. The predicted octanol–water partition coefficient (Wildman–Crippen LogP) is 2.18. The lowest BCUT2D eigenvalue weighted by Crippen LogP contribution is -1.99. The second-order valence-corrected chi connectivity index (χ2v) is 5.13. The molecule has 2 N–H and O–H groups in total. The number of benzene rings is 1. The van der Waals surface area contributed by atoms with Crippen molar-refractivity contribution in [2.75, 3.05) is 12.4 Å². The summed E-state index contributed by atoms with van der Waals surface area (Å²) in [6, 6.07) is 4.96. The van der Waals surface area contributed by atoms with Crippen LogP contribution in [0.3, 0.4) is 0 Å². The molecule has 102 valence electrons. The van der Waals surface area contributed by atoms with Crippen molar-refractivity contribution in [3.05, 3.63) is 29.6 Å². The van der Waals surface area contributed by atoms with E-state index in [2.05, 4.69) is 4.98 Å². The van der Waals surface area contributed by atoms with Crippen LogP contribution in [0.2, 0.25) is 0 Å². The maximum absolute atomic E-state index is 11.0. The Bertz CT molecular complexity index is 595. The van der Waals surface area contributed by atoms with Crippen LogP contribution in [0.15, 0.2) is 18.2 Å². The van der Waals surface area contributed by atoms with Gasteiger partial charge in [0.1, 0.15) is 5.82 Å². The highest BCUT2D eigenvalue weighted by Gasteiger charge is 2.12. The molecule has 1 heterocycles. The number of aliphatic hydroxyl groups excluding tert-OH is 1. The summed E-state index contributed by atoms with van der Waals surface area (Å²) in [5.74, 6) is 0.750. The van der Waals surface area contributed by atoms with Gasteiger partial charge in [-0.05, 0) is 36.6 Å². The molecule has 2 aromatic rings. The predicted molar refractivity (Wildman–Crippen MR) is 75.6 cm³/mol. The fourth-order valence-electron chi connectivity index (χ4n) is 1.82. The van der Waals surface area contributed by atoms with Crippen LogP contribution in [0.25, 0.3) is 11.0 Å². The third kappa shape index (κ3) is 2.90. The Morgan fingerprint density at radius 3 is 2.89 bits per heavy atom. The SMILES string of the molecule is CCc1nc2ccc(C(=O)O)cc2n1SCCCO. The molecule has 1 aromatic heterocycles. The van der Waals surface area contributed by atoms with Crippen molar-refractivity contribution in [3.8, 4) is 0 Å². The van der Waals surface area contributed by atoms with E-state index in [1.165, 1.54) is 0 Å². The summed E-state index contributed by atoms with van der Waals surface area (Å²) >= 11 is 1.55. The number of imidazole rings is 1. The molecule has 0 spiro atoms. The number of nitrogens with zero attached hydrogens (tertiary/aromatic N) is 2. The molecule has 0 aliphatic carbocycles. The van der Waals surface area contributed by atoms with E-state index in [1.54, 1.807) is 30.1 Å². The summed E-state index contributed by atoms with van der Waals surface area (Å²) < 4.78 is 1.97. The first-order valence-corrected chi connectivity index (χ1v) is 7.10. The van der Waals surface area contributed by atoms with E-state index in [0.29, 0.717) is 6.42 Å². The Hall–Kier alpha value is -1.53. The smallest absolute Gasteiger partial charge is 0.335 e. The number of fused-ring (bicyclic) bond motifs is 1. The van der Waals surface area contributed by atoms with Gasteiger partial charge in [0.25, 0.3) is 0 Å². The van der Waals surface area contributed by atoms with E-state index < -0.39 is 5.97 Å². The fraction of sp³-hybridized carbons (Fsp3) is 0.385.